The third-order valence-electron chi connectivity index (χ3n) is 10.7. The molecule has 0 N–H and O–H groups in total. The summed E-state index contributed by atoms with van der Waals surface area (Å²) in [6, 6.07) is 0. The average molecular weight is 887 g/mol. The molecule has 0 aliphatic carbocycles. The van der Waals surface area contributed by atoms with E-state index in [4.69, 9.17) is 14.2 Å². The maximum absolute atomic E-state index is 12.8. The van der Waals surface area contributed by atoms with Crippen molar-refractivity contribution in [1.29, 1.82) is 0 Å². The summed E-state index contributed by atoms with van der Waals surface area (Å²) < 4.78 is 16.8. The van der Waals surface area contributed by atoms with Gasteiger partial charge in [-0.15, -0.1) is 0 Å². The summed E-state index contributed by atoms with van der Waals surface area (Å²) in [5.41, 5.74) is 0. The van der Waals surface area contributed by atoms with Gasteiger partial charge in [-0.25, -0.2) is 0 Å². The summed E-state index contributed by atoms with van der Waals surface area (Å²) in [5, 5.41) is 0. The first kappa shape index (κ1) is 60.1. The van der Waals surface area contributed by atoms with E-state index in [9.17, 15) is 14.4 Å². The van der Waals surface area contributed by atoms with Crippen LogP contribution in [0.1, 0.15) is 220 Å². The van der Waals surface area contributed by atoms with Crippen molar-refractivity contribution in [2.24, 2.45) is 0 Å². The van der Waals surface area contributed by atoms with Gasteiger partial charge in [0.25, 0.3) is 0 Å². The second kappa shape index (κ2) is 51.7. The van der Waals surface area contributed by atoms with Crippen molar-refractivity contribution in [2.45, 2.75) is 226 Å². The Hall–Kier alpha value is -3.93. The molecule has 0 saturated carbocycles. The number of carbonyl (C=O) groups excluding carboxylic acids is 3. The number of esters is 3. The molecule has 0 aliphatic rings. The Morgan fingerprint density at radius 2 is 0.641 bits per heavy atom. The molecule has 0 spiro atoms. The van der Waals surface area contributed by atoms with Crippen molar-refractivity contribution in [3.63, 3.8) is 0 Å². The van der Waals surface area contributed by atoms with Gasteiger partial charge in [0.1, 0.15) is 13.2 Å². The highest BCUT2D eigenvalue weighted by Crippen LogP contribution is 2.15. The summed E-state index contributed by atoms with van der Waals surface area (Å²) in [7, 11) is 0. The Bertz CT molecular complexity index is 1340. The Kier molecular flexibility index (Phi) is 48.5. The number of rotatable bonds is 45. The summed E-state index contributed by atoms with van der Waals surface area (Å²) in [5.74, 6) is -0.969. The topological polar surface area (TPSA) is 78.9 Å². The number of carbonyl (C=O) groups is 3. The highest BCUT2D eigenvalue weighted by Gasteiger charge is 2.19. The lowest BCUT2D eigenvalue weighted by molar-refractivity contribution is -0.167. The maximum atomic E-state index is 12.8. The zero-order valence-electron chi connectivity index (χ0n) is 41.3. The minimum absolute atomic E-state index is 0.105. The lowest BCUT2D eigenvalue weighted by atomic mass is 10.0. The Morgan fingerprint density at radius 1 is 0.328 bits per heavy atom. The second-order valence-electron chi connectivity index (χ2n) is 16.9. The molecule has 0 aromatic carbocycles. The van der Waals surface area contributed by atoms with Crippen LogP contribution in [0.25, 0.3) is 0 Å². The predicted octanol–water partition coefficient (Wildman–Crippen LogP) is 17.1. The maximum Gasteiger partial charge on any atom is 0.306 e. The number of ether oxygens (including phenoxy) is 3. The van der Waals surface area contributed by atoms with Gasteiger partial charge in [0, 0.05) is 19.3 Å². The van der Waals surface area contributed by atoms with Gasteiger partial charge in [-0.05, 0) is 57.8 Å². The minimum atomic E-state index is -0.805. The molecule has 0 rings (SSSR count). The largest absolute Gasteiger partial charge is 0.462 e. The molecule has 0 fully saturated rings. The molecule has 6 heteroatoms. The van der Waals surface area contributed by atoms with Gasteiger partial charge in [-0.2, -0.15) is 0 Å². The fourth-order valence-corrected chi connectivity index (χ4v) is 6.84. The van der Waals surface area contributed by atoms with E-state index in [2.05, 4.69) is 69.4 Å². The lowest BCUT2D eigenvalue weighted by Crippen LogP contribution is -2.30. The highest BCUT2D eigenvalue weighted by atomic mass is 16.6. The first-order valence-electron chi connectivity index (χ1n) is 26.0. The number of allylic oxidation sites excluding steroid dienone is 18. The van der Waals surface area contributed by atoms with E-state index in [1.165, 1.54) is 83.5 Å². The van der Waals surface area contributed by atoms with Gasteiger partial charge < -0.3 is 14.2 Å². The monoisotopic (exact) mass is 887 g/mol. The van der Waals surface area contributed by atoms with Crippen LogP contribution >= 0.6 is 0 Å². The van der Waals surface area contributed by atoms with E-state index in [0.29, 0.717) is 19.3 Å². The van der Waals surface area contributed by atoms with Crippen LogP contribution in [-0.4, -0.2) is 37.2 Å². The second-order valence-corrected chi connectivity index (χ2v) is 16.9. The standard InChI is InChI=1S/C58H94O6/c1-4-7-10-13-16-19-22-25-27-28-29-31-33-36-39-42-45-48-51-57(60)63-54-55(53-62-56(59)50-47-44-41-38-35-32-24-21-18-15-12-9-6-3)64-58(61)52-49-46-43-40-37-34-30-26-23-20-17-14-11-8-5-2/h9-10,12-13,15-16,18-19,21-22,24-25,27-29,31-32,35,55H,4-8,11,14,17,20,23,26,30,33-34,36-54H2,1-3H3/b12-9+,13-10+,18-15+,19-16+,24-21+,25-22+,28-27+,31-29+,35-32+. The summed E-state index contributed by atoms with van der Waals surface area (Å²) in [6.45, 7) is 6.35. The number of unbranched alkanes of at least 4 members (excludes halogenated alkanes) is 23. The first-order chi connectivity index (χ1) is 31.5. The Labute approximate surface area is 393 Å². The summed E-state index contributed by atoms with van der Waals surface area (Å²) in [4.78, 5) is 38.0. The molecule has 0 aromatic rings. The smallest absolute Gasteiger partial charge is 0.306 e. The van der Waals surface area contributed by atoms with Gasteiger partial charge >= 0.3 is 17.9 Å². The molecular weight excluding hydrogens is 793 g/mol. The zero-order valence-corrected chi connectivity index (χ0v) is 41.3. The van der Waals surface area contributed by atoms with E-state index in [0.717, 1.165) is 96.3 Å². The van der Waals surface area contributed by atoms with E-state index < -0.39 is 6.10 Å². The molecule has 0 aliphatic heterocycles. The molecule has 0 amide bonds. The Balaban J connectivity index is 4.49. The molecule has 0 aromatic heterocycles. The van der Waals surface area contributed by atoms with Gasteiger partial charge in [0.2, 0.25) is 0 Å². The van der Waals surface area contributed by atoms with Crippen LogP contribution in [0.3, 0.4) is 0 Å². The lowest BCUT2D eigenvalue weighted by Gasteiger charge is -2.18. The molecule has 1 atom stereocenters. The number of hydrogen-bond acceptors (Lipinski definition) is 6. The minimum Gasteiger partial charge on any atom is -0.462 e. The average Bonchev–Trinajstić information content (AvgIpc) is 3.29. The van der Waals surface area contributed by atoms with Crippen LogP contribution in [0.4, 0.5) is 0 Å². The highest BCUT2D eigenvalue weighted by molar-refractivity contribution is 5.71. The molecule has 362 valence electrons. The van der Waals surface area contributed by atoms with Crippen molar-refractivity contribution in [1.82, 2.24) is 0 Å². The first-order valence-corrected chi connectivity index (χ1v) is 26.0. The van der Waals surface area contributed by atoms with Crippen molar-refractivity contribution in [3.8, 4) is 0 Å². The van der Waals surface area contributed by atoms with Gasteiger partial charge in [0.15, 0.2) is 6.10 Å². The predicted molar refractivity (Wildman–Crippen MR) is 274 cm³/mol. The molecule has 64 heavy (non-hydrogen) atoms. The summed E-state index contributed by atoms with van der Waals surface area (Å²) >= 11 is 0. The molecule has 0 radical (unpaired) electrons. The van der Waals surface area contributed by atoms with E-state index in [1.54, 1.807) is 0 Å². The van der Waals surface area contributed by atoms with E-state index in [-0.39, 0.29) is 31.1 Å². The van der Waals surface area contributed by atoms with Crippen molar-refractivity contribution in [2.75, 3.05) is 13.2 Å². The van der Waals surface area contributed by atoms with Crippen molar-refractivity contribution >= 4 is 17.9 Å². The van der Waals surface area contributed by atoms with Crippen LogP contribution < -0.4 is 0 Å². The molecular formula is C58H94O6. The van der Waals surface area contributed by atoms with Gasteiger partial charge in [0.05, 0.1) is 0 Å². The van der Waals surface area contributed by atoms with Gasteiger partial charge in [-0.3, -0.25) is 14.4 Å². The van der Waals surface area contributed by atoms with E-state index in [1.807, 2.05) is 60.8 Å². The fourth-order valence-electron chi connectivity index (χ4n) is 6.84. The van der Waals surface area contributed by atoms with Crippen molar-refractivity contribution < 1.29 is 28.6 Å². The third kappa shape index (κ3) is 49.1. The van der Waals surface area contributed by atoms with E-state index >= 15 is 0 Å². The third-order valence-corrected chi connectivity index (χ3v) is 10.7. The number of hydrogen-bond donors (Lipinski definition) is 0. The normalized spacial score (nSPS) is 13.0. The molecule has 1 unspecified atom stereocenters. The van der Waals surface area contributed by atoms with Gasteiger partial charge in [-0.1, -0.05) is 252 Å². The summed E-state index contributed by atoms with van der Waals surface area (Å²) in [6.07, 6.45) is 69.2. The SMILES string of the molecule is CC/C=C/C=C/C=C/C=C/CCCCCC(=O)OCC(COC(=O)CCCCCCC/C=C/C=C/C=C/C=C/C=C/CCC)OC(=O)CCCCCCCCCCCCCCCCC. The fraction of sp³-hybridized carbons (Fsp3) is 0.638. The van der Waals surface area contributed by atoms with Crippen LogP contribution in [0.15, 0.2) is 109 Å². The van der Waals surface area contributed by atoms with Crippen LogP contribution in [0.5, 0.6) is 0 Å². The molecule has 0 heterocycles. The van der Waals surface area contributed by atoms with Crippen molar-refractivity contribution in [3.05, 3.63) is 109 Å². The molecule has 0 bridgehead atoms. The molecule has 0 saturated heterocycles. The van der Waals surface area contributed by atoms with Crippen LogP contribution in [-0.2, 0) is 28.6 Å². The van der Waals surface area contributed by atoms with Crippen LogP contribution in [0, 0.1) is 0 Å². The zero-order chi connectivity index (χ0) is 46.5. The Morgan fingerprint density at radius 3 is 1.03 bits per heavy atom. The molecule has 6 nitrogen and oxygen atoms in total. The van der Waals surface area contributed by atoms with Crippen LogP contribution in [0.2, 0.25) is 0 Å². The quantitative estimate of drug-likeness (QED) is 0.0262.